The van der Waals surface area contributed by atoms with Gasteiger partial charge >= 0.3 is 0 Å². The van der Waals surface area contributed by atoms with Gasteiger partial charge in [-0.05, 0) is 89.0 Å². The van der Waals surface area contributed by atoms with E-state index in [0.29, 0.717) is 0 Å². The van der Waals surface area contributed by atoms with E-state index in [2.05, 4.69) is 215 Å². The molecule has 0 saturated heterocycles. The predicted molar refractivity (Wildman–Crippen MR) is 235 cm³/mol. The molecular weight excluding hydrogens is 679 g/mol. The molecule has 11 aromatic rings. The van der Waals surface area contributed by atoms with Gasteiger partial charge in [-0.1, -0.05) is 146 Å². The zero-order chi connectivity index (χ0) is 37.0. The molecule has 0 atom stereocenters. The lowest BCUT2D eigenvalue weighted by Gasteiger charge is -2.12. The van der Waals surface area contributed by atoms with E-state index in [0.717, 1.165) is 50.6 Å². The Labute approximate surface area is 325 Å². The van der Waals surface area contributed by atoms with E-state index in [1.807, 2.05) is 6.07 Å². The summed E-state index contributed by atoms with van der Waals surface area (Å²) in [6.07, 6.45) is 0. The van der Waals surface area contributed by atoms with Gasteiger partial charge in [0.2, 0.25) is 0 Å². The van der Waals surface area contributed by atoms with Crippen molar-refractivity contribution >= 4 is 43.6 Å². The van der Waals surface area contributed by atoms with Gasteiger partial charge in [-0.15, -0.1) is 0 Å². The fraction of sp³-hybridized carbons (Fsp3) is 0. The van der Waals surface area contributed by atoms with Crippen molar-refractivity contribution in [1.82, 2.24) is 14.1 Å². The molecule has 0 aliphatic rings. The van der Waals surface area contributed by atoms with Crippen molar-refractivity contribution in [3.8, 4) is 56.1 Å². The van der Waals surface area contributed by atoms with Crippen molar-refractivity contribution in [1.29, 1.82) is 0 Å². The number of hydrogen-bond acceptors (Lipinski definition) is 1. The van der Waals surface area contributed by atoms with E-state index in [9.17, 15) is 0 Å². The van der Waals surface area contributed by atoms with Gasteiger partial charge in [0.15, 0.2) is 0 Å². The fourth-order valence-corrected chi connectivity index (χ4v) is 8.46. The van der Waals surface area contributed by atoms with Crippen molar-refractivity contribution in [2.45, 2.75) is 0 Å². The first-order chi connectivity index (χ1) is 27.8. The van der Waals surface area contributed by atoms with Gasteiger partial charge in [-0.3, -0.25) is 0 Å². The minimum Gasteiger partial charge on any atom is -0.309 e. The number of pyridine rings is 1. The second kappa shape index (κ2) is 13.1. The number of nitrogens with zero attached hydrogens (tertiary/aromatic N) is 3. The second-order valence-corrected chi connectivity index (χ2v) is 14.4. The number of para-hydroxylation sites is 3. The Bertz CT molecular complexity index is 3150. The molecule has 3 nitrogen and oxygen atoms in total. The second-order valence-electron chi connectivity index (χ2n) is 14.4. The normalized spacial score (nSPS) is 11.6. The van der Waals surface area contributed by atoms with E-state index in [1.165, 1.54) is 49.2 Å². The maximum Gasteiger partial charge on any atom is 0.0715 e. The van der Waals surface area contributed by atoms with Gasteiger partial charge in [0.1, 0.15) is 0 Å². The van der Waals surface area contributed by atoms with Crippen LogP contribution in [-0.4, -0.2) is 14.1 Å². The Hall–Kier alpha value is -7.49. The molecule has 0 bridgehead atoms. The Morgan fingerprint density at radius 1 is 0.250 bits per heavy atom. The minimum atomic E-state index is 0.952. The Balaban J connectivity index is 1.03. The van der Waals surface area contributed by atoms with Crippen molar-refractivity contribution in [2.75, 3.05) is 0 Å². The van der Waals surface area contributed by atoms with Crippen LogP contribution >= 0.6 is 0 Å². The molecule has 0 aliphatic heterocycles. The molecule has 0 radical (unpaired) electrons. The molecule has 0 amide bonds. The topological polar surface area (TPSA) is 22.8 Å². The Morgan fingerprint density at radius 3 is 1.34 bits per heavy atom. The number of rotatable bonds is 6. The van der Waals surface area contributed by atoms with Crippen molar-refractivity contribution in [3.63, 3.8) is 0 Å². The highest BCUT2D eigenvalue weighted by molar-refractivity contribution is 6.19. The summed E-state index contributed by atoms with van der Waals surface area (Å²) in [6, 6.07) is 76.2. The summed E-state index contributed by atoms with van der Waals surface area (Å²) in [5.41, 5.74) is 15.8. The molecule has 0 aliphatic carbocycles. The monoisotopic (exact) mass is 713 g/mol. The zero-order valence-corrected chi connectivity index (χ0v) is 30.5. The maximum absolute atomic E-state index is 5.20. The lowest BCUT2D eigenvalue weighted by molar-refractivity contribution is 1.16. The average Bonchev–Trinajstić information content (AvgIpc) is 3.78. The molecule has 0 N–H and O–H groups in total. The lowest BCUT2D eigenvalue weighted by atomic mass is 9.98. The molecular formula is C53H35N3. The average molecular weight is 714 g/mol. The first-order valence-corrected chi connectivity index (χ1v) is 19.1. The SMILES string of the molecule is c1ccc(-c2cc(-c3ccccc3)nc(-c3cccc(-c4ccc(-n5c6ccccc6c6cc7c8ccccc8n(-c8ccccc8)c7cc65)cc4)c3)c2)cc1. The first-order valence-electron chi connectivity index (χ1n) is 19.1. The van der Waals surface area contributed by atoms with Crippen LogP contribution in [0.2, 0.25) is 0 Å². The quantitative estimate of drug-likeness (QED) is 0.168. The Morgan fingerprint density at radius 2 is 0.714 bits per heavy atom. The van der Waals surface area contributed by atoms with Crippen molar-refractivity contribution in [2.24, 2.45) is 0 Å². The van der Waals surface area contributed by atoms with E-state index in [4.69, 9.17) is 4.98 Å². The van der Waals surface area contributed by atoms with E-state index >= 15 is 0 Å². The third kappa shape index (κ3) is 5.32. The largest absolute Gasteiger partial charge is 0.309 e. The maximum atomic E-state index is 5.20. The molecule has 0 fully saturated rings. The van der Waals surface area contributed by atoms with Gasteiger partial charge in [-0.25, -0.2) is 4.98 Å². The standard InChI is InChI=1S/C53H35N3/c1-4-15-36(16-5-1)41-32-48(38-17-6-2-7-18-38)54-49(33-41)40-20-14-19-39(31-40)37-27-29-43(30-28-37)56-51-26-13-11-24-45(51)47-34-46-44-23-10-12-25-50(44)55(52(46)35-53(47)56)42-21-8-3-9-22-42/h1-35H. The third-order valence-corrected chi connectivity index (χ3v) is 11.1. The highest BCUT2D eigenvalue weighted by atomic mass is 15.0. The van der Waals surface area contributed by atoms with Gasteiger partial charge < -0.3 is 9.13 Å². The summed E-state index contributed by atoms with van der Waals surface area (Å²) < 4.78 is 4.82. The van der Waals surface area contributed by atoms with E-state index in [1.54, 1.807) is 0 Å². The van der Waals surface area contributed by atoms with Crippen LogP contribution in [0.4, 0.5) is 0 Å². The van der Waals surface area contributed by atoms with E-state index in [-0.39, 0.29) is 0 Å². The number of fused-ring (bicyclic) bond motifs is 6. The molecule has 56 heavy (non-hydrogen) atoms. The van der Waals surface area contributed by atoms with Crippen LogP contribution < -0.4 is 0 Å². The molecule has 11 rings (SSSR count). The van der Waals surface area contributed by atoms with Crippen LogP contribution in [0.15, 0.2) is 212 Å². The van der Waals surface area contributed by atoms with Gasteiger partial charge in [0.25, 0.3) is 0 Å². The summed E-state index contributed by atoms with van der Waals surface area (Å²) in [5, 5.41) is 5.02. The summed E-state index contributed by atoms with van der Waals surface area (Å²) >= 11 is 0. The molecule has 0 spiro atoms. The van der Waals surface area contributed by atoms with Gasteiger partial charge in [0, 0.05) is 44.0 Å². The smallest absolute Gasteiger partial charge is 0.0715 e. The molecule has 3 heterocycles. The number of benzene rings is 8. The van der Waals surface area contributed by atoms with Crippen LogP contribution in [0.5, 0.6) is 0 Å². The van der Waals surface area contributed by atoms with E-state index < -0.39 is 0 Å². The van der Waals surface area contributed by atoms with Crippen molar-refractivity contribution in [3.05, 3.63) is 212 Å². The lowest BCUT2D eigenvalue weighted by Crippen LogP contribution is -1.96. The third-order valence-electron chi connectivity index (χ3n) is 11.1. The first kappa shape index (κ1) is 32.0. The molecule has 0 unspecified atom stereocenters. The number of hydrogen-bond donors (Lipinski definition) is 0. The predicted octanol–water partition coefficient (Wildman–Crippen LogP) is 13.9. The summed E-state index contributed by atoms with van der Waals surface area (Å²) in [7, 11) is 0. The molecule has 0 saturated carbocycles. The highest BCUT2D eigenvalue weighted by Crippen LogP contribution is 2.40. The Kier molecular flexibility index (Phi) is 7.49. The summed E-state index contributed by atoms with van der Waals surface area (Å²) in [6.45, 7) is 0. The molecule has 3 aromatic heterocycles. The molecule has 3 heteroatoms. The molecule has 8 aromatic carbocycles. The van der Waals surface area contributed by atoms with Crippen LogP contribution in [0.3, 0.4) is 0 Å². The van der Waals surface area contributed by atoms with Crippen LogP contribution in [0.25, 0.3) is 99.8 Å². The highest BCUT2D eigenvalue weighted by Gasteiger charge is 2.18. The molecule has 262 valence electrons. The van der Waals surface area contributed by atoms with Crippen LogP contribution in [0.1, 0.15) is 0 Å². The van der Waals surface area contributed by atoms with Crippen LogP contribution in [0, 0.1) is 0 Å². The van der Waals surface area contributed by atoms with Crippen molar-refractivity contribution < 1.29 is 0 Å². The number of aromatic nitrogens is 3. The minimum absolute atomic E-state index is 0.952. The summed E-state index contributed by atoms with van der Waals surface area (Å²) in [4.78, 5) is 5.20. The fourth-order valence-electron chi connectivity index (χ4n) is 8.46. The van der Waals surface area contributed by atoms with Crippen LogP contribution in [-0.2, 0) is 0 Å². The zero-order valence-electron chi connectivity index (χ0n) is 30.5. The van der Waals surface area contributed by atoms with Gasteiger partial charge in [0.05, 0.1) is 33.5 Å². The van der Waals surface area contributed by atoms with Gasteiger partial charge in [-0.2, -0.15) is 0 Å². The summed E-state index contributed by atoms with van der Waals surface area (Å²) in [5.74, 6) is 0.